The summed E-state index contributed by atoms with van der Waals surface area (Å²) in [5.41, 5.74) is 1.75. The van der Waals surface area contributed by atoms with E-state index >= 15 is 0 Å². The maximum Gasteiger partial charge on any atom is 0.216 e. The number of aromatic nitrogens is 5. The summed E-state index contributed by atoms with van der Waals surface area (Å²) in [4.78, 5) is 9.26. The van der Waals surface area contributed by atoms with E-state index in [2.05, 4.69) is 25.5 Å². The summed E-state index contributed by atoms with van der Waals surface area (Å²) < 4.78 is 15.0. The molecule has 0 bridgehead atoms. The van der Waals surface area contributed by atoms with Crippen molar-refractivity contribution in [3.8, 4) is 0 Å². The molecule has 24 heavy (non-hydrogen) atoms. The quantitative estimate of drug-likeness (QED) is 0.603. The Bertz CT molecular complexity index is 959. The van der Waals surface area contributed by atoms with E-state index in [4.69, 9.17) is 0 Å². The van der Waals surface area contributed by atoms with Gasteiger partial charge < -0.3 is 5.32 Å². The van der Waals surface area contributed by atoms with Crippen LogP contribution in [0, 0.1) is 5.82 Å². The van der Waals surface area contributed by atoms with Gasteiger partial charge in [0.25, 0.3) is 0 Å². The van der Waals surface area contributed by atoms with Gasteiger partial charge in [-0.25, -0.2) is 9.37 Å². The summed E-state index contributed by atoms with van der Waals surface area (Å²) in [6.07, 6.45) is 3.55. The summed E-state index contributed by atoms with van der Waals surface area (Å²) in [5.74, 6) is 1.72. The summed E-state index contributed by atoms with van der Waals surface area (Å²) in [6.45, 7) is 2.00. The van der Waals surface area contributed by atoms with Crippen LogP contribution in [-0.4, -0.2) is 24.6 Å². The number of H-pyrrole nitrogens is 1. The van der Waals surface area contributed by atoms with Crippen molar-refractivity contribution in [3.63, 3.8) is 0 Å². The molecule has 0 saturated carbocycles. The topological polar surface area (TPSA) is 70.9 Å². The molecule has 0 fully saturated rings. The van der Waals surface area contributed by atoms with E-state index in [1.54, 1.807) is 18.3 Å². The van der Waals surface area contributed by atoms with Crippen LogP contribution >= 0.6 is 0 Å². The Morgan fingerprint density at radius 1 is 1.12 bits per heavy atom. The molecule has 4 rings (SSSR count). The molecular formula is C17H15FN6. The van der Waals surface area contributed by atoms with Gasteiger partial charge in [0.15, 0.2) is 0 Å². The van der Waals surface area contributed by atoms with Crippen LogP contribution in [0.1, 0.15) is 24.2 Å². The van der Waals surface area contributed by atoms with Crippen molar-refractivity contribution in [2.24, 2.45) is 0 Å². The molecule has 1 atom stereocenters. The molecule has 0 saturated heterocycles. The molecule has 0 aliphatic heterocycles. The summed E-state index contributed by atoms with van der Waals surface area (Å²) >= 11 is 0. The molecule has 3 aromatic heterocycles. The van der Waals surface area contributed by atoms with Gasteiger partial charge in [-0.05, 0) is 29.8 Å². The van der Waals surface area contributed by atoms with Gasteiger partial charge >= 0.3 is 0 Å². The minimum Gasteiger partial charge on any atom is -0.310 e. The minimum absolute atomic E-state index is 0.0622. The number of nitrogens with zero attached hydrogens (tertiary/aromatic N) is 4. The Morgan fingerprint density at radius 3 is 2.71 bits per heavy atom. The zero-order valence-electron chi connectivity index (χ0n) is 12.9. The van der Waals surface area contributed by atoms with Crippen LogP contribution in [0.3, 0.4) is 0 Å². The maximum atomic E-state index is 13.1. The zero-order valence-corrected chi connectivity index (χ0v) is 12.9. The van der Waals surface area contributed by atoms with Crippen LogP contribution in [-0.2, 0) is 0 Å². The lowest BCUT2D eigenvalue weighted by Crippen LogP contribution is -2.09. The van der Waals surface area contributed by atoms with Crippen LogP contribution in [0.15, 0.2) is 54.9 Å². The molecule has 0 aliphatic carbocycles. The van der Waals surface area contributed by atoms with Gasteiger partial charge in [-0.15, -0.1) is 0 Å². The van der Waals surface area contributed by atoms with E-state index in [-0.39, 0.29) is 11.7 Å². The molecular weight excluding hydrogens is 307 g/mol. The molecule has 6 nitrogen and oxygen atoms in total. The second-order valence-corrected chi connectivity index (χ2v) is 5.51. The first-order valence-electron chi connectivity index (χ1n) is 7.57. The van der Waals surface area contributed by atoms with Crippen LogP contribution in [0.25, 0.3) is 5.65 Å². The van der Waals surface area contributed by atoms with Crippen LogP contribution < -0.4 is 5.32 Å². The third kappa shape index (κ3) is 2.60. The maximum absolute atomic E-state index is 13.1. The van der Waals surface area contributed by atoms with Gasteiger partial charge in [0.2, 0.25) is 5.95 Å². The standard InChI is InChI=1S/C17H15FN6/c1-11(12-4-6-13(18)7-5-12)16-21-15-3-2-10-24(15)17(22-16)20-14-8-9-19-23-14/h2-11H,1H3,(H2,19,20,21,22,23). The Kier molecular flexibility index (Phi) is 3.45. The van der Waals surface area contributed by atoms with Gasteiger partial charge in [-0.2, -0.15) is 10.1 Å². The smallest absolute Gasteiger partial charge is 0.216 e. The Balaban J connectivity index is 1.76. The molecule has 0 amide bonds. The van der Waals surface area contributed by atoms with E-state index in [9.17, 15) is 4.39 Å². The zero-order chi connectivity index (χ0) is 16.5. The molecule has 1 aromatic carbocycles. The minimum atomic E-state index is -0.254. The fraction of sp³-hybridized carbons (Fsp3) is 0.118. The lowest BCUT2D eigenvalue weighted by Gasteiger charge is -2.14. The van der Waals surface area contributed by atoms with E-state index in [0.717, 1.165) is 17.0 Å². The highest BCUT2D eigenvalue weighted by atomic mass is 19.1. The third-order valence-corrected chi connectivity index (χ3v) is 3.91. The number of anilines is 2. The number of rotatable bonds is 4. The fourth-order valence-electron chi connectivity index (χ4n) is 2.58. The van der Waals surface area contributed by atoms with Crippen molar-refractivity contribution < 1.29 is 4.39 Å². The van der Waals surface area contributed by atoms with Crippen molar-refractivity contribution in [1.29, 1.82) is 0 Å². The number of hydrogen-bond acceptors (Lipinski definition) is 4. The molecule has 4 aromatic rings. The third-order valence-electron chi connectivity index (χ3n) is 3.91. The van der Waals surface area contributed by atoms with Gasteiger partial charge in [0.1, 0.15) is 23.1 Å². The van der Waals surface area contributed by atoms with E-state index in [1.165, 1.54) is 12.1 Å². The molecule has 0 spiro atoms. The lowest BCUT2D eigenvalue weighted by atomic mass is 10.0. The number of fused-ring (bicyclic) bond motifs is 1. The van der Waals surface area contributed by atoms with Crippen molar-refractivity contribution in [1.82, 2.24) is 24.6 Å². The largest absolute Gasteiger partial charge is 0.310 e. The predicted octanol–water partition coefficient (Wildman–Crippen LogP) is 3.49. The molecule has 120 valence electrons. The summed E-state index contributed by atoms with van der Waals surface area (Å²) in [7, 11) is 0. The first-order valence-corrected chi connectivity index (χ1v) is 7.57. The van der Waals surface area contributed by atoms with Crippen LogP contribution in [0.2, 0.25) is 0 Å². The molecule has 0 aliphatic rings. The second kappa shape index (κ2) is 5.77. The van der Waals surface area contributed by atoms with Crippen molar-refractivity contribution in [2.45, 2.75) is 12.8 Å². The highest BCUT2D eigenvalue weighted by molar-refractivity contribution is 5.53. The van der Waals surface area contributed by atoms with E-state index in [1.807, 2.05) is 35.7 Å². The molecule has 2 N–H and O–H groups in total. The molecule has 1 unspecified atom stereocenters. The SMILES string of the molecule is CC(c1ccc(F)cc1)c1nc(Nc2ccn[nH]2)n2cccc2n1. The van der Waals surface area contributed by atoms with Crippen molar-refractivity contribution >= 4 is 17.4 Å². The van der Waals surface area contributed by atoms with Crippen LogP contribution in [0.5, 0.6) is 0 Å². The van der Waals surface area contributed by atoms with Gasteiger partial charge in [-0.1, -0.05) is 19.1 Å². The molecule has 0 radical (unpaired) electrons. The number of nitrogens with one attached hydrogen (secondary N) is 2. The average Bonchev–Trinajstić information content (AvgIpc) is 3.26. The monoisotopic (exact) mass is 322 g/mol. The number of hydrogen-bond donors (Lipinski definition) is 2. The van der Waals surface area contributed by atoms with E-state index < -0.39 is 0 Å². The van der Waals surface area contributed by atoms with Gasteiger partial charge in [0, 0.05) is 18.2 Å². The number of aromatic amines is 1. The predicted molar refractivity (Wildman–Crippen MR) is 88.8 cm³/mol. The first kappa shape index (κ1) is 14.4. The summed E-state index contributed by atoms with van der Waals surface area (Å²) in [5, 5.41) is 9.98. The molecule has 7 heteroatoms. The highest BCUT2D eigenvalue weighted by Gasteiger charge is 2.15. The fourth-order valence-corrected chi connectivity index (χ4v) is 2.58. The lowest BCUT2D eigenvalue weighted by molar-refractivity contribution is 0.626. The average molecular weight is 322 g/mol. The van der Waals surface area contributed by atoms with Crippen molar-refractivity contribution in [2.75, 3.05) is 5.32 Å². The Hall–Kier alpha value is -3.22. The van der Waals surface area contributed by atoms with Gasteiger partial charge in [0.05, 0.1) is 6.20 Å². The Labute approximate surface area is 137 Å². The highest BCUT2D eigenvalue weighted by Crippen LogP contribution is 2.24. The molecule has 3 heterocycles. The van der Waals surface area contributed by atoms with Crippen molar-refractivity contribution in [3.05, 3.63) is 72.1 Å². The second-order valence-electron chi connectivity index (χ2n) is 5.51. The van der Waals surface area contributed by atoms with Gasteiger partial charge in [-0.3, -0.25) is 9.50 Å². The van der Waals surface area contributed by atoms with E-state index in [0.29, 0.717) is 11.8 Å². The van der Waals surface area contributed by atoms with Crippen LogP contribution in [0.4, 0.5) is 16.2 Å². The number of benzene rings is 1. The summed E-state index contributed by atoms with van der Waals surface area (Å²) in [6, 6.07) is 12.1. The first-order chi connectivity index (χ1) is 11.7. The Morgan fingerprint density at radius 2 is 1.96 bits per heavy atom. The number of halogens is 1. The normalized spacial score (nSPS) is 12.4.